The van der Waals surface area contributed by atoms with Crippen LogP contribution in [0.4, 0.5) is 0 Å². The zero-order chi connectivity index (χ0) is 17.9. The van der Waals surface area contributed by atoms with Gasteiger partial charge in [-0.1, -0.05) is 36.9 Å². The van der Waals surface area contributed by atoms with E-state index in [1.54, 1.807) is 30.3 Å². The van der Waals surface area contributed by atoms with Crippen LogP contribution in [0.1, 0.15) is 26.3 Å². The Morgan fingerprint density at radius 2 is 1.71 bits per heavy atom. The molecule has 0 unspecified atom stereocenters. The first-order chi connectivity index (χ1) is 11.4. The maximum Gasteiger partial charge on any atom is 0.340 e. The molecule has 24 heavy (non-hydrogen) atoms. The van der Waals surface area contributed by atoms with Crippen molar-refractivity contribution in [2.45, 2.75) is 6.92 Å². The van der Waals surface area contributed by atoms with Gasteiger partial charge in [0.25, 0.3) is 0 Å². The van der Waals surface area contributed by atoms with E-state index in [9.17, 15) is 24.6 Å². The summed E-state index contributed by atoms with van der Waals surface area (Å²) in [4.78, 5) is 34.9. The van der Waals surface area contributed by atoms with Crippen molar-refractivity contribution in [2.24, 2.45) is 0 Å². The van der Waals surface area contributed by atoms with Crippen molar-refractivity contribution in [3.05, 3.63) is 65.7 Å². The van der Waals surface area contributed by atoms with Gasteiger partial charge in [-0.2, -0.15) is 0 Å². The topological polar surface area (TPSA) is 101 Å². The van der Waals surface area contributed by atoms with Gasteiger partial charge >= 0.3 is 17.9 Å². The van der Waals surface area contributed by atoms with Gasteiger partial charge in [-0.05, 0) is 24.1 Å². The molecular formula is C18H14O6. The minimum atomic E-state index is -1.40. The first kappa shape index (κ1) is 17.0. The number of carbonyl (C=O) groups is 3. The zero-order valence-electron chi connectivity index (χ0n) is 12.8. The lowest BCUT2D eigenvalue weighted by atomic mass is 9.91. The van der Waals surface area contributed by atoms with Gasteiger partial charge in [-0.3, -0.25) is 0 Å². The molecule has 6 nitrogen and oxygen atoms in total. The molecule has 2 aromatic carbocycles. The lowest BCUT2D eigenvalue weighted by Crippen LogP contribution is -2.14. The Morgan fingerprint density at radius 3 is 2.21 bits per heavy atom. The van der Waals surface area contributed by atoms with E-state index >= 15 is 0 Å². The molecule has 0 aliphatic rings. The van der Waals surface area contributed by atoms with Crippen LogP contribution < -0.4 is 4.74 Å². The predicted molar refractivity (Wildman–Crippen MR) is 86.4 cm³/mol. The van der Waals surface area contributed by atoms with Crippen LogP contribution in [0.5, 0.6) is 5.75 Å². The van der Waals surface area contributed by atoms with E-state index in [0.717, 1.165) is 6.08 Å². The number of aromatic carboxylic acids is 2. The summed E-state index contributed by atoms with van der Waals surface area (Å²) >= 11 is 0. The molecule has 0 saturated carbocycles. The highest BCUT2D eigenvalue weighted by Crippen LogP contribution is 2.37. The molecule has 0 atom stereocenters. The second-order valence-corrected chi connectivity index (χ2v) is 4.92. The van der Waals surface area contributed by atoms with E-state index in [2.05, 4.69) is 6.58 Å². The Kier molecular flexibility index (Phi) is 4.79. The number of rotatable bonds is 5. The Morgan fingerprint density at radius 1 is 1.08 bits per heavy atom. The van der Waals surface area contributed by atoms with Gasteiger partial charge in [0, 0.05) is 11.6 Å². The number of ether oxygens (including phenoxy) is 1. The number of carboxylic acids is 2. The summed E-state index contributed by atoms with van der Waals surface area (Å²) in [6.45, 7) is 4.74. The molecule has 6 heteroatoms. The number of benzene rings is 2. The molecule has 2 aromatic rings. The van der Waals surface area contributed by atoms with Crippen LogP contribution in [0.25, 0.3) is 11.1 Å². The van der Waals surface area contributed by atoms with Gasteiger partial charge in [0.05, 0.1) is 5.56 Å². The summed E-state index contributed by atoms with van der Waals surface area (Å²) in [6, 6.07) is 9.48. The molecule has 122 valence electrons. The van der Waals surface area contributed by atoms with E-state index in [1.807, 2.05) is 0 Å². The molecule has 0 radical (unpaired) electrons. The van der Waals surface area contributed by atoms with Crippen LogP contribution in [0.3, 0.4) is 0 Å². The average Bonchev–Trinajstić information content (AvgIpc) is 2.56. The molecular weight excluding hydrogens is 312 g/mol. The average molecular weight is 326 g/mol. The zero-order valence-corrected chi connectivity index (χ0v) is 12.8. The van der Waals surface area contributed by atoms with Crippen molar-refractivity contribution in [1.29, 1.82) is 0 Å². The Bertz CT molecular complexity index is 836. The smallest absolute Gasteiger partial charge is 0.340 e. The number of hydrogen-bond donors (Lipinski definition) is 2. The quantitative estimate of drug-likeness (QED) is 0.497. The van der Waals surface area contributed by atoms with Gasteiger partial charge in [0.1, 0.15) is 11.3 Å². The van der Waals surface area contributed by atoms with E-state index in [1.165, 1.54) is 13.0 Å². The van der Waals surface area contributed by atoms with Crippen LogP contribution in [0.2, 0.25) is 0 Å². The van der Waals surface area contributed by atoms with Crippen LogP contribution in [-0.4, -0.2) is 28.1 Å². The van der Waals surface area contributed by atoms with Crippen molar-refractivity contribution < 1.29 is 29.3 Å². The minimum absolute atomic E-state index is 0.0203. The number of carboxylic acid groups (broad SMARTS) is 2. The molecule has 0 heterocycles. The van der Waals surface area contributed by atoms with Crippen molar-refractivity contribution in [3.63, 3.8) is 0 Å². The monoisotopic (exact) mass is 326 g/mol. The van der Waals surface area contributed by atoms with Crippen molar-refractivity contribution in [3.8, 4) is 16.9 Å². The Balaban J connectivity index is 2.90. The maximum absolute atomic E-state index is 11.8. The molecule has 0 saturated heterocycles. The third-order valence-electron chi connectivity index (χ3n) is 3.34. The van der Waals surface area contributed by atoms with Crippen LogP contribution >= 0.6 is 0 Å². The number of esters is 1. The molecule has 2 N–H and O–H groups in total. The molecule has 0 bridgehead atoms. The fraction of sp³-hybridized carbons (Fsp3) is 0.0556. The fourth-order valence-corrected chi connectivity index (χ4v) is 2.35. The predicted octanol–water partition coefficient (Wildman–Crippen LogP) is 3.15. The van der Waals surface area contributed by atoms with Gasteiger partial charge in [-0.25, -0.2) is 14.4 Å². The summed E-state index contributed by atoms with van der Waals surface area (Å²) in [7, 11) is 0. The molecule has 0 aromatic heterocycles. The van der Waals surface area contributed by atoms with Gasteiger partial charge in [0.2, 0.25) is 0 Å². The highest BCUT2D eigenvalue weighted by Gasteiger charge is 2.27. The second kappa shape index (κ2) is 6.78. The molecule has 0 aliphatic heterocycles. The second-order valence-electron chi connectivity index (χ2n) is 4.92. The third kappa shape index (κ3) is 3.17. The van der Waals surface area contributed by atoms with E-state index < -0.39 is 17.9 Å². The number of carbonyl (C=O) groups excluding carboxylic acids is 1. The molecule has 0 amide bonds. The van der Waals surface area contributed by atoms with Crippen molar-refractivity contribution in [1.82, 2.24) is 0 Å². The lowest BCUT2D eigenvalue weighted by molar-refractivity contribution is -0.129. The van der Waals surface area contributed by atoms with Gasteiger partial charge in [0.15, 0.2) is 0 Å². The van der Waals surface area contributed by atoms with Crippen LogP contribution in [0.15, 0.2) is 49.1 Å². The standard InChI is InChI=1S/C18H14O6/c1-3-13(19)24-16-10(2)9-12(17(20)21)14(15(16)18(22)23)11-7-5-4-6-8-11/h3-9H,1H2,2H3,(H,20,21)(H,22,23). The van der Waals surface area contributed by atoms with Gasteiger partial charge < -0.3 is 14.9 Å². The highest BCUT2D eigenvalue weighted by molar-refractivity contribution is 6.07. The van der Waals surface area contributed by atoms with Crippen LogP contribution in [0, 0.1) is 6.92 Å². The number of hydrogen-bond acceptors (Lipinski definition) is 4. The maximum atomic E-state index is 11.8. The first-order valence-corrected chi connectivity index (χ1v) is 6.90. The van der Waals surface area contributed by atoms with Crippen LogP contribution in [-0.2, 0) is 4.79 Å². The SMILES string of the molecule is C=CC(=O)Oc1c(C)cc(C(=O)O)c(-c2ccccc2)c1C(=O)O. The van der Waals surface area contributed by atoms with Crippen molar-refractivity contribution >= 4 is 17.9 Å². The van der Waals surface area contributed by atoms with Crippen molar-refractivity contribution in [2.75, 3.05) is 0 Å². The van der Waals surface area contributed by atoms with E-state index in [4.69, 9.17) is 4.74 Å². The Labute approximate surface area is 137 Å². The third-order valence-corrected chi connectivity index (χ3v) is 3.34. The largest absolute Gasteiger partial charge is 0.478 e. The first-order valence-electron chi connectivity index (χ1n) is 6.90. The summed E-state index contributed by atoms with van der Waals surface area (Å²) in [5, 5.41) is 19.1. The minimum Gasteiger partial charge on any atom is -0.478 e. The summed E-state index contributed by atoms with van der Waals surface area (Å²) in [5.41, 5.74) is 0.0271. The molecule has 0 aliphatic carbocycles. The summed E-state index contributed by atoms with van der Waals surface area (Å²) in [5.74, 6) is -3.70. The van der Waals surface area contributed by atoms with E-state index in [0.29, 0.717) is 5.56 Å². The lowest BCUT2D eigenvalue weighted by Gasteiger charge is -2.16. The highest BCUT2D eigenvalue weighted by atomic mass is 16.5. The summed E-state index contributed by atoms with van der Waals surface area (Å²) in [6.07, 6.45) is 0.901. The summed E-state index contributed by atoms with van der Waals surface area (Å²) < 4.78 is 5.05. The molecule has 0 spiro atoms. The molecule has 0 fully saturated rings. The van der Waals surface area contributed by atoms with E-state index in [-0.39, 0.29) is 28.0 Å². The van der Waals surface area contributed by atoms with Gasteiger partial charge in [-0.15, -0.1) is 0 Å². The Hall–Kier alpha value is -3.41. The fourth-order valence-electron chi connectivity index (χ4n) is 2.35. The number of aryl methyl sites for hydroxylation is 1. The normalized spacial score (nSPS) is 10.0. The molecule has 2 rings (SSSR count).